The van der Waals surface area contributed by atoms with Crippen LogP contribution in [0, 0.1) is 0 Å². The number of aliphatic imine (C=N–C) groups is 1. The van der Waals surface area contributed by atoms with Gasteiger partial charge in [-0.1, -0.05) is 27.7 Å². The Hall–Kier alpha value is -1.40. The lowest BCUT2D eigenvalue weighted by Gasteiger charge is -2.15. The van der Waals surface area contributed by atoms with Crippen molar-refractivity contribution in [3.05, 3.63) is 38.5 Å². The van der Waals surface area contributed by atoms with Crippen molar-refractivity contribution < 1.29 is 0 Å². The minimum absolute atomic E-state index is 0.102. The molecule has 2 N–H and O–H groups in total. The first-order valence-electron chi connectivity index (χ1n) is 7.81. The predicted molar refractivity (Wildman–Crippen MR) is 102 cm³/mol. The topological polar surface area (TPSA) is 49.3 Å². The maximum atomic E-state index is 4.70. The van der Waals surface area contributed by atoms with Crippen LogP contribution in [0.15, 0.2) is 27.2 Å². The van der Waals surface area contributed by atoms with Gasteiger partial charge in [-0.15, -0.1) is 11.3 Å². The number of guanidine groups is 1. The SMILES string of the molecule is CN=C(NCc1nc(C(C)(C)C)cs1)NCC(C)c1ccsc1. The van der Waals surface area contributed by atoms with Gasteiger partial charge >= 0.3 is 0 Å². The Morgan fingerprint density at radius 3 is 2.65 bits per heavy atom. The first-order chi connectivity index (χ1) is 10.9. The van der Waals surface area contributed by atoms with Crippen molar-refractivity contribution in [1.29, 1.82) is 0 Å². The van der Waals surface area contributed by atoms with E-state index in [1.165, 1.54) is 5.56 Å². The van der Waals surface area contributed by atoms with E-state index in [2.05, 4.69) is 65.5 Å². The molecule has 2 aromatic rings. The number of hydrogen-bond donors (Lipinski definition) is 2. The van der Waals surface area contributed by atoms with Gasteiger partial charge in [0.1, 0.15) is 5.01 Å². The molecule has 6 heteroatoms. The highest BCUT2D eigenvalue weighted by molar-refractivity contribution is 7.09. The molecule has 2 aromatic heterocycles. The fourth-order valence-electron chi connectivity index (χ4n) is 2.04. The number of thiazole rings is 1. The van der Waals surface area contributed by atoms with Gasteiger partial charge in [0.25, 0.3) is 0 Å². The molecular formula is C17H26N4S2. The van der Waals surface area contributed by atoms with Gasteiger partial charge in [-0.25, -0.2) is 4.98 Å². The largest absolute Gasteiger partial charge is 0.356 e. The Morgan fingerprint density at radius 2 is 2.09 bits per heavy atom. The molecule has 4 nitrogen and oxygen atoms in total. The summed E-state index contributed by atoms with van der Waals surface area (Å²) in [6.45, 7) is 10.3. The first-order valence-corrected chi connectivity index (χ1v) is 9.64. The van der Waals surface area contributed by atoms with Gasteiger partial charge in [0.05, 0.1) is 12.2 Å². The molecule has 0 saturated carbocycles. The molecule has 0 amide bonds. The quantitative estimate of drug-likeness (QED) is 0.634. The molecule has 0 aliphatic heterocycles. The lowest BCUT2D eigenvalue weighted by Crippen LogP contribution is -2.38. The average molecular weight is 351 g/mol. The molecule has 0 fully saturated rings. The summed E-state index contributed by atoms with van der Waals surface area (Å²) in [4.78, 5) is 8.98. The molecule has 0 aliphatic carbocycles. The Morgan fingerprint density at radius 1 is 1.30 bits per heavy atom. The fourth-order valence-corrected chi connectivity index (χ4v) is 3.78. The van der Waals surface area contributed by atoms with Crippen molar-refractivity contribution in [3.63, 3.8) is 0 Å². The van der Waals surface area contributed by atoms with Gasteiger partial charge in [-0.05, 0) is 28.3 Å². The fraction of sp³-hybridized carbons (Fsp3) is 0.529. The highest BCUT2D eigenvalue weighted by Gasteiger charge is 2.17. The van der Waals surface area contributed by atoms with Crippen molar-refractivity contribution in [3.8, 4) is 0 Å². The van der Waals surface area contributed by atoms with E-state index in [1.807, 2.05) is 0 Å². The summed E-state index contributed by atoms with van der Waals surface area (Å²) < 4.78 is 0. The Bertz CT molecular complexity index is 623. The third-order valence-corrected chi connectivity index (χ3v) is 5.19. The van der Waals surface area contributed by atoms with Crippen LogP contribution in [-0.4, -0.2) is 24.5 Å². The molecule has 0 aliphatic rings. The van der Waals surface area contributed by atoms with Crippen LogP contribution in [0.4, 0.5) is 0 Å². The van der Waals surface area contributed by atoms with E-state index in [1.54, 1.807) is 29.7 Å². The van der Waals surface area contributed by atoms with Crippen molar-refractivity contribution in [1.82, 2.24) is 15.6 Å². The molecule has 23 heavy (non-hydrogen) atoms. The number of nitrogens with zero attached hydrogens (tertiary/aromatic N) is 2. The first kappa shape index (κ1) is 17.9. The van der Waals surface area contributed by atoms with Crippen LogP contribution in [0.2, 0.25) is 0 Å². The molecule has 0 bridgehead atoms. The molecule has 126 valence electrons. The Balaban J connectivity index is 1.82. The number of hydrogen-bond acceptors (Lipinski definition) is 4. The molecular weight excluding hydrogens is 324 g/mol. The summed E-state index contributed by atoms with van der Waals surface area (Å²) in [5.41, 5.74) is 2.62. The zero-order chi connectivity index (χ0) is 16.9. The van der Waals surface area contributed by atoms with Gasteiger partial charge in [0.15, 0.2) is 5.96 Å². The predicted octanol–water partition coefficient (Wildman–Crippen LogP) is 3.97. The second-order valence-corrected chi connectivity index (χ2v) is 8.36. The average Bonchev–Trinajstić information content (AvgIpc) is 3.18. The highest BCUT2D eigenvalue weighted by atomic mass is 32.1. The van der Waals surface area contributed by atoms with E-state index in [9.17, 15) is 0 Å². The lowest BCUT2D eigenvalue weighted by atomic mass is 9.93. The normalized spacial score (nSPS) is 13.9. The summed E-state index contributed by atoms with van der Waals surface area (Å²) in [5, 5.41) is 14.3. The molecule has 1 unspecified atom stereocenters. The zero-order valence-electron chi connectivity index (χ0n) is 14.5. The molecule has 2 heterocycles. The van der Waals surface area contributed by atoms with E-state index in [4.69, 9.17) is 4.98 Å². The van der Waals surface area contributed by atoms with Gasteiger partial charge in [-0.3, -0.25) is 4.99 Å². The van der Waals surface area contributed by atoms with Crippen LogP contribution in [0.5, 0.6) is 0 Å². The van der Waals surface area contributed by atoms with Gasteiger partial charge in [0.2, 0.25) is 0 Å². The monoisotopic (exact) mass is 350 g/mol. The van der Waals surface area contributed by atoms with E-state index < -0.39 is 0 Å². The minimum atomic E-state index is 0.102. The molecule has 1 atom stereocenters. The summed E-state index contributed by atoms with van der Waals surface area (Å²) >= 11 is 3.44. The van der Waals surface area contributed by atoms with Crippen LogP contribution in [0.3, 0.4) is 0 Å². The second kappa shape index (κ2) is 7.93. The van der Waals surface area contributed by atoms with Gasteiger partial charge < -0.3 is 10.6 Å². The number of aromatic nitrogens is 1. The molecule has 0 radical (unpaired) electrons. The second-order valence-electron chi connectivity index (χ2n) is 6.64. The summed E-state index contributed by atoms with van der Waals surface area (Å²) in [5.74, 6) is 1.28. The Kier molecular flexibility index (Phi) is 6.18. The highest BCUT2D eigenvalue weighted by Crippen LogP contribution is 2.23. The van der Waals surface area contributed by atoms with Crippen LogP contribution in [0.1, 0.15) is 49.9 Å². The maximum absolute atomic E-state index is 4.70. The van der Waals surface area contributed by atoms with Crippen LogP contribution >= 0.6 is 22.7 Å². The smallest absolute Gasteiger partial charge is 0.191 e. The minimum Gasteiger partial charge on any atom is -0.356 e. The lowest BCUT2D eigenvalue weighted by molar-refractivity contribution is 0.570. The molecule has 0 spiro atoms. The summed E-state index contributed by atoms with van der Waals surface area (Å²) in [7, 11) is 1.80. The summed E-state index contributed by atoms with van der Waals surface area (Å²) in [6, 6.07) is 2.18. The maximum Gasteiger partial charge on any atom is 0.191 e. The van der Waals surface area contributed by atoms with E-state index in [-0.39, 0.29) is 5.41 Å². The van der Waals surface area contributed by atoms with E-state index >= 15 is 0 Å². The number of thiophene rings is 1. The molecule has 0 aromatic carbocycles. The van der Waals surface area contributed by atoms with Crippen molar-refractivity contribution >= 4 is 28.6 Å². The van der Waals surface area contributed by atoms with Crippen molar-refractivity contribution in [2.75, 3.05) is 13.6 Å². The third-order valence-electron chi connectivity index (χ3n) is 3.64. The summed E-state index contributed by atoms with van der Waals surface area (Å²) in [6.07, 6.45) is 0. The van der Waals surface area contributed by atoms with E-state index in [0.29, 0.717) is 12.5 Å². The van der Waals surface area contributed by atoms with Crippen LogP contribution in [-0.2, 0) is 12.0 Å². The number of rotatable bonds is 5. The van der Waals surface area contributed by atoms with Crippen molar-refractivity contribution in [2.24, 2.45) is 4.99 Å². The number of nitrogens with one attached hydrogen (secondary N) is 2. The zero-order valence-corrected chi connectivity index (χ0v) is 16.1. The van der Waals surface area contributed by atoms with Crippen LogP contribution < -0.4 is 10.6 Å². The molecule has 2 rings (SSSR count). The van der Waals surface area contributed by atoms with E-state index in [0.717, 1.165) is 23.2 Å². The Labute approximate surface area is 147 Å². The van der Waals surface area contributed by atoms with Gasteiger partial charge in [0, 0.05) is 24.4 Å². The van der Waals surface area contributed by atoms with Crippen LogP contribution in [0.25, 0.3) is 0 Å². The van der Waals surface area contributed by atoms with Gasteiger partial charge in [-0.2, -0.15) is 11.3 Å². The van der Waals surface area contributed by atoms with Crippen molar-refractivity contribution in [2.45, 2.75) is 45.6 Å². The standard InChI is InChI=1S/C17H26N4S2/c1-12(13-6-7-22-10-13)8-19-16(18-5)20-9-15-21-14(11-23-15)17(2,3)4/h6-7,10-12H,8-9H2,1-5H3,(H2,18,19,20). The third kappa shape index (κ3) is 5.32. The molecule has 0 saturated heterocycles.